The highest BCUT2D eigenvalue weighted by Crippen LogP contribution is 2.39. The molecule has 0 radical (unpaired) electrons. The molecular formula is C19H16ClNO3. The molecule has 0 atom stereocenters. The van der Waals surface area contributed by atoms with Crippen LogP contribution in [0, 0.1) is 0 Å². The molecule has 1 amide bonds. The number of fused-ring (bicyclic) bond motifs is 1. The van der Waals surface area contributed by atoms with Gasteiger partial charge in [0.2, 0.25) is 0 Å². The highest BCUT2D eigenvalue weighted by molar-refractivity contribution is 6.36. The largest absolute Gasteiger partial charge is 0.463 e. The van der Waals surface area contributed by atoms with E-state index in [2.05, 4.69) is 0 Å². The minimum atomic E-state index is -0.534. The number of hydrogen-bond donors (Lipinski definition) is 0. The van der Waals surface area contributed by atoms with Gasteiger partial charge in [0.1, 0.15) is 0 Å². The number of rotatable bonds is 4. The van der Waals surface area contributed by atoms with Crippen molar-refractivity contribution in [1.29, 1.82) is 0 Å². The van der Waals surface area contributed by atoms with E-state index in [9.17, 15) is 9.59 Å². The lowest BCUT2D eigenvalue weighted by atomic mass is 10.1. The molecule has 24 heavy (non-hydrogen) atoms. The maximum atomic E-state index is 12.8. The first-order chi connectivity index (χ1) is 11.6. The van der Waals surface area contributed by atoms with Crippen LogP contribution in [0.5, 0.6) is 0 Å². The molecule has 5 heteroatoms. The van der Waals surface area contributed by atoms with Gasteiger partial charge in [-0.3, -0.25) is 4.79 Å². The minimum Gasteiger partial charge on any atom is -0.463 e. The number of hydrogen-bond acceptors (Lipinski definition) is 3. The van der Waals surface area contributed by atoms with E-state index in [1.54, 1.807) is 30.0 Å². The first-order valence-corrected chi connectivity index (χ1v) is 8.02. The Morgan fingerprint density at radius 1 is 1.21 bits per heavy atom. The lowest BCUT2D eigenvalue weighted by Gasteiger charge is -2.17. The van der Waals surface area contributed by atoms with Gasteiger partial charge in [0.05, 0.1) is 24.4 Å². The molecule has 0 bridgehead atoms. The molecule has 0 N–H and O–H groups in total. The molecule has 0 spiro atoms. The SMILES string of the molecule is CCOC(=O)/C=C1/C(=O)N(Cc2ccccc2)c2ccc(Cl)cc21. The van der Waals surface area contributed by atoms with Crippen LogP contribution in [0.3, 0.4) is 0 Å². The fourth-order valence-electron chi connectivity index (χ4n) is 2.69. The molecule has 0 saturated carbocycles. The van der Waals surface area contributed by atoms with E-state index in [0.29, 0.717) is 22.7 Å². The summed E-state index contributed by atoms with van der Waals surface area (Å²) >= 11 is 6.07. The summed E-state index contributed by atoms with van der Waals surface area (Å²) in [7, 11) is 0. The molecule has 0 aromatic heterocycles. The molecule has 4 nitrogen and oxygen atoms in total. The third kappa shape index (κ3) is 3.19. The monoisotopic (exact) mass is 341 g/mol. The highest BCUT2D eigenvalue weighted by Gasteiger charge is 2.33. The van der Waals surface area contributed by atoms with Crippen LogP contribution in [0.2, 0.25) is 5.02 Å². The number of carbonyl (C=O) groups is 2. The molecule has 0 fully saturated rings. The Morgan fingerprint density at radius 2 is 1.96 bits per heavy atom. The quantitative estimate of drug-likeness (QED) is 0.627. The van der Waals surface area contributed by atoms with Crippen LogP contribution in [0.15, 0.2) is 54.6 Å². The van der Waals surface area contributed by atoms with Crippen molar-refractivity contribution in [3.05, 3.63) is 70.8 Å². The first-order valence-electron chi connectivity index (χ1n) is 7.64. The molecular weight excluding hydrogens is 326 g/mol. The predicted octanol–water partition coefficient (Wildman–Crippen LogP) is 3.83. The van der Waals surface area contributed by atoms with E-state index in [-0.39, 0.29) is 12.5 Å². The lowest BCUT2D eigenvalue weighted by Crippen LogP contribution is -2.25. The smallest absolute Gasteiger partial charge is 0.331 e. The molecule has 0 unspecified atom stereocenters. The van der Waals surface area contributed by atoms with Gasteiger partial charge in [0.25, 0.3) is 5.91 Å². The number of esters is 1. The van der Waals surface area contributed by atoms with E-state index in [0.717, 1.165) is 11.3 Å². The summed E-state index contributed by atoms with van der Waals surface area (Å²) in [5.74, 6) is -0.766. The van der Waals surface area contributed by atoms with Crippen LogP contribution < -0.4 is 4.90 Å². The van der Waals surface area contributed by atoms with Gasteiger partial charge in [0, 0.05) is 16.7 Å². The average molecular weight is 342 g/mol. The summed E-state index contributed by atoms with van der Waals surface area (Å²) in [5.41, 5.74) is 2.70. The van der Waals surface area contributed by atoms with Crippen molar-refractivity contribution in [2.45, 2.75) is 13.5 Å². The number of carbonyl (C=O) groups excluding carboxylic acids is 2. The molecule has 3 rings (SSSR count). The van der Waals surface area contributed by atoms with Gasteiger partial charge < -0.3 is 9.64 Å². The van der Waals surface area contributed by atoms with Crippen molar-refractivity contribution >= 4 is 34.7 Å². The third-order valence-corrected chi connectivity index (χ3v) is 3.98. The number of nitrogens with zero attached hydrogens (tertiary/aromatic N) is 1. The number of halogens is 1. The summed E-state index contributed by atoms with van der Waals surface area (Å²) in [6, 6.07) is 14.9. The summed E-state index contributed by atoms with van der Waals surface area (Å²) in [6.07, 6.45) is 1.24. The zero-order valence-electron chi connectivity index (χ0n) is 13.2. The molecule has 1 heterocycles. The molecule has 1 aliphatic rings. The topological polar surface area (TPSA) is 46.6 Å². The third-order valence-electron chi connectivity index (χ3n) is 3.75. The van der Waals surface area contributed by atoms with E-state index in [4.69, 9.17) is 16.3 Å². The van der Waals surface area contributed by atoms with Gasteiger partial charge in [-0.2, -0.15) is 0 Å². The Kier molecular flexibility index (Phi) is 4.67. The number of benzene rings is 2. The molecule has 122 valence electrons. The predicted molar refractivity (Wildman–Crippen MR) is 93.7 cm³/mol. The Hall–Kier alpha value is -2.59. The van der Waals surface area contributed by atoms with Crippen molar-refractivity contribution in [2.24, 2.45) is 0 Å². The van der Waals surface area contributed by atoms with Gasteiger partial charge in [-0.15, -0.1) is 0 Å². The van der Waals surface area contributed by atoms with Gasteiger partial charge in [-0.05, 0) is 30.7 Å². The number of amides is 1. The van der Waals surface area contributed by atoms with Crippen LogP contribution in [0.1, 0.15) is 18.1 Å². The Morgan fingerprint density at radius 3 is 2.67 bits per heavy atom. The second kappa shape index (κ2) is 6.89. The summed E-state index contributed by atoms with van der Waals surface area (Å²) in [4.78, 5) is 26.3. The first kappa shape index (κ1) is 16.3. The summed E-state index contributed by atoms with van der Waals surface area (Å²) < 4.78 is 4.93. The van der Waals surface area contributed by atoms with Gasteiger partial charge in [0.15, 0.2) is 0 Å². The summed E-state index contributed by atoms with van der Waals surface area (Å²) in [6.45, 7) is 2.40. The van der Waals surface area contributed by atoms with Gasteiger partial charge in [-0.25, -0.2) is 4.79 Å². The Balaban J connectivity index is 2.01. The Labute approximate surface area is 145 Å². The van der Waals surface area contributed by atoms with Crippen molar-refractivity contribution in [1.82, 2.24) is 0 Å². The molecule has 2 aromatic carbocycles. The van der Waals surface area contributed by atoms with Crippen LogP contribution in [-0.4, -0.2) is 18.5 Å². The average Bonchev–Trinajstić information content (AvgIpc) is 2.81. The second-order valence-corrected chi connectivity index (χ2v) is 5.78. The zero-order chi connectivity index (χ0) is 17.1. The Bertz CT molecular complexity index is 815. The normalized spacial score (nSPS) is 14.8. The number of ether oxygens (including phenoxy) is 1. The minimum absolute atomic E-state index is 0.232. The fraction of sp³-hybridized carbons (Fsp3) is 0.158. The van der Waals surface area contributed by atoms with Crippen molar-refractivity contribution in [2.75, 3.05) is 11.5 Å². The van der Waals surface area contributed by atoms with Gasteiger partial charge >= 0.3 is 5.97 Å². The molecule has 0 saturated heterocycles. The second-order valence-electron chi connectivity index (χ2n) is 5.35. The van der Waals surface area contributed by atoms with Crippen LogP contribution in [0.4, 0.5) is 5.69 Å². The number of anilines is 1. The maximum Gasteiger partial charge on any atom is 0.331 e. The molecule has 1 aliphatic heterocycles. The molecule has 0 aliphatic carbocycles. The zero-order valence-corrected chi connectivity index (χ0v) is 13.9. The van der Waals surface area contributed by atoms with Crippen molar-refractivity contribution in [3.8, 4) is 0 Å². The lowest BCUT2D eigenvalue weighted by molar-refractivity contribution is -0.137. The van der Waals surface area contributed by atoms with Crippen LogP contribution in [-0.2, 0) is 20.9 Å². The van der Waals surface area contributed by atoms with E-state index in [1.165, 1.54) is 6.08 Å². The van der Waals surface area contributed by atoms with E-state index in [1.807, 2.05) is 30.3 Å². The highest BCUT2D eigenvalue weighted by atomic mass is 35.5. The maximum absolute atomic E-state index is 12.8. The van der Waals surface area contributed by atoms with Crippen molar-refractivity contribution in [3.63, 3.8) is 0 Å². The van der Waals surface area contributed by atoms with Gasteiger partial charge in [-0.1, -0.05) is 41.9 Å². The van der Waals surface area contributed by atoms with Crippen molar-refractivity contribution < 1.29 is 14.3 Å². The van der Waals surface area contributed by atoms with Crippen LogP contribution in [0.25, 0.3) is 5.57 Å². The standard InChI is InChI=1S/C19H16ClNO3/c1-2-24-18(22)11-16-15-10-14(20)8-9-17(15)21(19(16)23)12-13-6-4-3-5-7-13/h3-11H,2,12H2,1H3/b16-11+. The van der Waals surface area contributed by atoms with E-state index < -0.39 is 5.97 Å². The molecule has 2 aromatic rings. The summed E-state index contributed by atoms with van der Waals surface area (Å²) in [5, 5.41) is 0.512. The fourth-order valence-corrected chi connectivity index (χ4v) is 2.87. The van der Waals surface area contributed by atoms with E-state index >= 15 is 0 Å². The van der Waals surface area contributed by atoms with Crippen LogP contribution >= 0.6 is 11.6 Å².